The molecule has 0 bridgehead atoms. The van der Waals surface area contributed by atoms with Crippen LogP contribution in [0.4, 0.5) is 0 Å². The second-order valence-electron chi connectivity index (χ2n) is 5.15. The van der Waals surface area contributed by atoms with Crippen LogP contribution < -0.4 is 5.32 Å². The predicted molar refractivity (Wildman–Crippen MR) is 72.1 cm³/mol. The molecule has 2 nitrogen and oxygen atoms in total. The summed E-state index contributed by atoms with van der Waals surface area (Å²) in [5.41, 5.74) is 1.43. The van der Waals surface area contributed by atoms with Crippen LogP contribution in [-0.4, -0.2) is 17.6 Å². The Morgan fingerprint density at radius 3 is 3.00 bits per heavy atom. The molecular weight excluding hydrogens is 208 g/mol. The zero-order chi connectivity index (χ0) is 11.9. The Balaban J connectivity index is 1.97. The lowest BCUT2D eigenvalue weighted by Gasteiger charge is -2.21. The van der Waals surface area contributed by atoms with Crippen LogP contribution in [-0.2, 0) is 0 Å². The molecule has 2 unspecified atom stereocenters. The van der Waals surface area contributed by atoms with Gasteiger partial charge in [-0.1, -0.05) is 25.8 Å². The van der Waals surface area contributed by atoms with Crippen molar-refractivity contribution >= 4 is 0 Å². The van der Waals surface area contributed by atoms with Gasteiger partial charge in [0.1, 0.15) is 0 Å². The molecule has 0 aliphatic heterocycles. The molecule has 94 valence electrons. The van der Waals surface area contributed by atoms with Gasteiger partial charge in [-0.25, -0.2) is 0 Å². The first-order chi connectivity index (χ1) is 8.40. The van der Waals surface area contributed by atoms with E-state index in [1.165, 1.54) is 44.1 Å². The summed E-state index contributed by atoms with van der Waals surface area (Å²) in [7, 11) is 0. The van der Waals surface area contributed by atoms with E-state index in [2.05, 4.69) is 29.4 Å². The zero-order valence-electron chi connectivity index (χ0n) is 10.9. The van der Waals surface area contributed by atoms with Gasteiger partial charge in [0, 0.05) is 18.4 Å². The van der Waals surface area contributed by atoms with Crippen molar-refractivity contribution in [2.45, 2.75) is 57.4 Å². The van der Waals surface area contributed by atoms with Gasteiger partial charge in [-0.2, -0.15) is 0 Å². The summed E-state index contributed by atoms with van der Waals surface area (Å²) in [6.07, 6.45) is 11.8. The van der Waals surface area contributed by atoms with Gasteiger partial charge in [0.05, 0.1) is 0 Å². The number of aromatic nitrogens is 1. The monoisotopic (exact) mass is 232 g/mol. The van der Waals surface area contributed by atoms with E-state index in [0.717, 1.165) is 6.54 Å². The highest BCUT2D eigenvalue weighted by molar-refractivity contribution is 5.15. The first-order valence-corrected chi connectivity index (χ1v) is 7.03. The Morgan fingerprint density at radius 2 is 2.24 bits per heavy atom. The lowest BCUT2D eigenvalue weighted by Crippen LogP contribution is -2.30. The number of hydrogen-bond donors (Lipinski definition) is 1. The van der Waals surface area contributed by atoms with E-state index in [0.29, 0.717) is 12.0 Å². The van der Waals surface area contributed by atoms with Crippen LogP contribution in [0.5, 0.6) is 0 Å². The second-order valence-corrected chi connectivity index (χ2v) is 5.15. The third-order valence-electron chi connectivity index (χ3n) is 3.76. The van der Waals surface area contributed by atoms with Crippen molar-refractivity contribution < 1.29 is 0 Å². The van der Waals surface area contributed by atoms with Gasteiger partial charge in [-0.3, -0.25) is 4.98 Å². The maximum Gasteiger partial charge on any atom is 0.0302 e. The molecule has 1 aromatic heterocycles. The zero-order valence-corrected chi connectivity index (χ0v) is 10.9. The van der Waals surface area contributed by atoms with Crippen molar-refractivity contribution in [2.24, 2.45) is 0 Å². The maximum absolute atomic E-state index is 4.26. The Bertz CT molecular complexity index is 310. The Labute approximate surface area is 105 Å². The van der Waals surface area contributed by atoms with Crippen LogP contribution in [0.1, 0.15) is 56.9 Å². The molecule has 1 aliphatic rings. The van der Waals surface area contributed by atoms with E-state index < -0.39 is 0 Å². The van der Waals surface area contributed by atoms with Crippen molar-refractivity contribution in [3.63, 3.8) is 0 Å². The summed E-state index contributed by atoms with van der Waals surface area (Å²) in [5.74, 6) is 0.709. The average molecular weight is 232 g/mol. The van der Waals surface area contributed by atoms with Gasteiger partial charge < -0.3 is 5.32 Å². The van der Waals surface area contributed by atoms with Crippen LogP contribution in [0.25, 0.3) is 0 Å². The molecule has 1 aliphatic carbocycles. The standard InChI is InChI=1S/C15H24N2/c1-2-9-17-15-8-4-3-6-13(11-15)14-7-5-10-16-12-14/h5,7,10,12-13,15,17H,2-4,6,8-9,11H2,1H3. The number of rotatable bonds is 4. The van der Waals surface area contributed by atoms with Crippen LogP contribution in [0.3, 0.4) is 0 Å². The van der Waals surface area contributed by atoms with Crippen LogP contribution in [0.2, 0.25) is 0 Å². The Hall–Kier alpha value is -0.890. The third kappa shape index (κ3) is 3.81. The molecule has 1 aromatic rings. The van der Waals surface area contributed by atoms with E-state index in [4.69, 9.17) is 0 Å². The first-order valence-electron chi connectivity index (χ1n) is 7.03. The van der Waals surface area contributed by atoms with Gasteiger partial charge in [-0.05, 0) is 49.8 Å². The molecule has 0 spiro atoms. The van der Waals surface area contributed by atoms with E-state index in [-0.39, 0.29) is 0 Å². The molecule has 1 saturated carbocycles. The quantitative estimate of drug-likeness (QED) is 0.804. The van der Waals surface area contributed by atoms with Crippen LogP contribution in [0.15, 0.2) is 24.5 Å². The van der Waals surface area contributed by atoms with Crippen molar-refractivity contribution in [1.82, 2.24) is 10.3 Å². The Kier molecular flexibility index (Phi) is 4.99. The maximum atomic E-state index is 4.26. The summed E-state index contributed by atoms with van der Waals surface area (Å²) in [4.78, 5) is 4.26. The number of hydrogen-bond acceptors (Lipinski definition) is 2. The topological polar surface area (TPSA) is 24.9 Å². The van der Waals surface area contributed by atoms with Gasteiger partial charge in [-0.15, -0.1) is 0 Å². The lowest BCUT2D eigenvalue weighted by atomic mass is 9.91. The summed E-state index contributed by atoms with van der Waals surface area (Å²) in [6.45, 7) is 3.40. The minimum absolute atomic E-state index is 0.709. The smallest absolute Gasteiger partial charge is 0.0302 e. The van der Waals surface area contributed by atoms with Crippen molar-refractivity contribution in [2.75, 3.05) is 6.54 Å². The summed E-state index contributed by atoms with van der Waals surface area (Å²) in [6, 6.07) is 5.01. The molecule has 2 atom stereocenters. The molecule has 0 amide bonds. The average Bonchev–Trinajstić information content (AvgIpc) is 2.63. The third-order valence-corrected chi connectivity index (χ3v) is 3.76. The molecular formula is C15H24N2. The number of pyridine rings is 1. The van der Waals surface area contributed by atoms with E-state index in [9.17, 15) is 0 Å². The summed E-state index contributed by atoms with van der Waals surface area (Å²) >= 11 is 0. The fourth-order valence-corrected chi connectivity index (χ4v) is 2.81. The normalized spacial score (nSPS) is 25.5. The first kappa shape index (κ1) is 12.6. The highest BCUT2D eigenvalue weighted by Crippen LogP contribution is 2.31. The van der Waals surface area contributed by atoms with Crippen molar-refractivity contribution in [1.29, 1.82) is 0 Å². The van der Waals surface area contributed by atoms with E-state index >= 15 is 0 Å². The highest BCUT2D eigenvalue weighted by atomic mass is 14.9. The van der Waals surface area contributed by atoms with Crippen molar-refractivity contribution in [3.8, 4) is 0 Å². The molecule has 1 heterocycles. The van der Waals surface area contributed by atoms with Crippen LogP contribution in [0, 0.1) is 0 Å². The van der Waals surface area contributed by atoms with E-state index in [1.54, 1.807) is 0 Å². The van der Waals surface area contributed by atoms with Gasteiger partial charge >= 0.3 is 0 Å². The highest BCUT2D eigenvalue weighted by Gasteiger charge is 2.20. The fourth-order valence-electron chi connectivity index (χ4n) is 2.81. The molecule has 17 heavy (non-hydrogen) atoms. The molecule has 0 radical (unpaired) electrons. The fraction of sp³-hybridized carbons (Fsp3) is 0.667. The number of nitrogens with zero attached hydrogens (tertiary/aromatic N) is 1. The van der Waals surface area contributed by atoms with Gasteiger partial charge in [0.15, 0.2) is 0 Å². The molecule has 1 fully saturated rings. The van der Waals surface area contributed by atoms with E-state index in [1.807, 2.05) is 12.4 Å². The largest absolute Gasteiger partial charge is 0.314 e. The van der Waals surface area contributed by atoms with Gasteiger partial charge in [0.2, 0.25) is 0 Å². The Morgan fingerprint density at radius 1 is 1.35 bits per heavy atom. The molecule has 2 heteroatoms. The van der Waals surface area contributed by atoms with Crippen molar-refractivity contribution in [3.05, 3.63) is 30.1 Å². The summed E-state index contributed by atoms with van der Waals surface area (Å²) < 4.78 is 0. The lowest BCUT2D eigenvalue weighted by molar-refractivity contribution is 0.439. The summed E-state index contributed by atoms with van der Waals surface area (Å²) in [5, 5.41) is 3.69. The van der Waals surface area contributed by atoms with Crippen LogP contribution >= 0.6 is 0 Å². The minimum atomic E-state index is 0.709. The minimum Gasteiger partial charge on any atom is -0.314 e. The number of nitrogens with one attached hydrogen (secondary N) is 1. The molecule has 0 saturated heterocycles. The molecule has 0 aromatic carbocycles. The van der Waals surface area contributed by atoms with Gasteiger partial charge in [0.25, 0.3) is 0 Å². The molecule has 2 rings (SSSR count). The SMILES string of the molecule is CCCNC1CCCCC(c2cccnc2)C1. The molecule has 1 N–H and O–H groups in total. The predicted octanol–water partition coefficient (Wildman–Crippen LogP) is 3.50. The second kappa shape index (κ2) is 6.75.